The summed E-state index contributed by atoms with van der Waals surface area (Å²) >= 11 is 0. The highest BCUT2D eigenvalue weighted by Crippen LogP contribution is 2.47. The predicted octanol–water partition coefficient (Wildman–Crippen LogP) is 5.86. The molecule has 0 aromatic heterocycles. The molecule has 0 saturated heterocycles. The van der Waals surface area contributed by atoms with Gasteiger partial charge in [0.25, 0.3) is 0 Å². The molecule has 27 heavy (non-hydrogen) atoms. The van der Waals surface area contributed by atoms with Crippen molar-refractivity contribution < 1.29 is 14.2 Å². The Labute approximate surface area is 160 Å². The van der Waals surface area contributed by atoms with Crippen LogP contribution in [-0.4, -0.2) is 21.3 Å². The Morgan fingerprint density at radius 2 is 1.37 bits per heavy atom. The van der Waals surface area contributed by atoms with Gasteiger partial charge in [0.1, 0.15) is 0 Å². The van der Waals surface area contributed by atoms with Crippen LogP contribution < -0.4 is 14.2 Å². The van der Waals surface area contributed by atoms with Gasteiger partial charge in [-0.1, -0.05) is 72.3 Å². The first kappa shape index (κ1) is 18.6. The van der Waals surface area contributed by atoms with E-state index in [0.29, 0.717) is 17.2 Å². The predicted molar refractivity (Wildman–Crippen MR) is 112 cm³/mol. The lowest BCUT2D eigenvalue weighted by atomic mass is 9.96. The van der Waals surface area contributed by atoms with Crippen molar-refractivity contribution >= 4 is 12.2 Å². The van der Waals surface area contributed by atoms with E-state index < -0.39 is 0 Å². The maximum absolute atomic E-state index is 5.73. The van der Waals surface area contributed by atoms with E-state index >= 15 is 0 Å². The van der Waals surface area contributed by atoms with Gasteiger partial charge < -0.3 is 14.2 Å². The Bertz CT molecular complexity index is 926. The first-order valence-electron chi connectivity index (χ1n) is 8.81. The second-order valence-electron chi connectivity index (χ2n) is 6.22. The minimum atomic E-state index is 0.589. The Morgan fingerprint density at radius 1 is 0.704 bits per heavy atom. The maximum atomic E-state index is 5.73. The molecule has 3 nitrogen and oxygen atoms in total. The van der Waals surface area contributed by atoms with Crippen LogP contribution in [-0.2, 0) is 0 Å². The first-order chi connectivity index (χ1) is 13.2. The van der Waals surface area contributed by atoms with Crippen molar-refractivity contribution in [1.29, 1.82) is 0 Å². The van der Waals surface area contributed by atoms with Crippen LogP contribution in [0.25, 0.3) is 23.3 Å². The van der Waals surface area contributed by atoms with Crippen LogP contribution in [0.3, 0.4) is 0 Å². The van der Waals surface area contributed by atoms with Gasteiger partial charge in [0.05, 0.1) is 21.3 Å². The van der Waals surface area contributed by atoms with Crippen molar-refractivity contribution in [3.8, 4) is 28.4 Å². The molecule has 0 aliphatic heterocycles. The van der Waals surface area contributed by atoms with E-state index in [9.17, 15) is 0 Å². The molecule has 0 amide bonds. The topological polar surface area (TPSA) is 27.7 Å². The molecule has 0 atom stereocenters. The van der Waals surface area contributed by atoms with Crippen molar-refractivity contribution in [3.05, 3.63) is 77.4 Å². The van der Waals surface area contributed by atoms with Gasteiger partial charge in [-0.3, -0.25) is 0 Å². The van der Waals surface area contributed by atoms with Gasteiger partial charge in [-0.2, -0.15) is 0 Å². The van der Waals surface area contributed by atoms with Crippen LogP contribution in [0, 0.1) is 6.92 Å². The van der Waals surface area contributed by atoms with E-state index in [1.165, 1.54) is 5.56 Å². The molecule has 3 aromatic carbocycles. The Balaban J connectivity index is 2.20. The molecule has 0 spiro atoms. The molecular formula is C24H24O3. The lowest BCUT2D eigenvalue weighted by Crippen LogP contribution is -1.99. The van der Waals surface area contributed by atoms with E-state index in [2.05, 4.69) is 55.5 Å². The number of hydrogen-bond donors (Lipinski definition) is 0. The third kappa shape index (κ3) is 3.98. The highest BCUT2D eigenvalue weighted by molar-refractivity contribution is 5.88. The van der Waals surface area contributed by atoms with E-state index in [-0.39, 0.29) is 0 Å². The molecule has 0 aliphatic carbocycles. The van der Waals surface area contributed by atoms with Crippen molar-refractivity contribution in [1.82, 2.24) is 0 Å². The van der Waals surface area contributed by atoms with E-state index in [1.807, 2.05) is 24.3 Å². The fourth-order valence-electron chi connectivity index (χ4n) is 3.07. The quantitative estimate of drug-likeness (QED) is 0.515. The van der Waals surface area contributed by atoms with Gasteiger partial charge in [0.15, 0.2) is 11.5 Å². The largest absolute Gasteiger partial charge is 0.493 e. The second kappa shape index (κ2) is 8.45. The highest BCUT2D eigenvalue weighted by atomic mass is 16.5. The summed E-state index contributed by atoms with van der Waals surface area (Å²) in [6.07, 6.45) is 4.17. The molecule has 3 aromatic rings. The summed E-state index contributed by atoms with van der Waals surface area (Å²) < 4.78 is 16.9. The summed E-state index contributed by atoms with van der Waals surface area (Å²) in [6, 6.07) is 20.5. The fourth-order valence-corrected chi connectivity index (χ4v) is 3.07. The van der Waals surface area contributed by atoms with Crippen LogP contribution in [0.2, 0.25) is 0 Å². The number of ether oxygens (including phenoxy) is 3. The Morgan fingerprint density at radius 3 is 1.96 bits per heavy atom. The molecule has 3 heteroatoms. The molecule has 0 unspecified atom stereocenters. The number of hydrogen-bond acceptors (Lipinski definition) is 3. The van der Waals surface area contributed by atoms with Gasteiger partial charge in [0, 0.05) is 5.56 Å². The van der Waals surface area contributed by atoms with Gasteiger partial charge >= 0.3 is 0 Å². The number of rotatable bonds is 6. The van der Waals surface area contributed by atoms with Crippen molar-refractivity contribution in [3.63, 3.8) is 0 Å². The van der Waals surface area contributed by atoms with E-state index in [4.69, 9.17) is 14.2 Å². The van der Waals surface area contributed by atoms with Crippen molar-refractivity contribution in [2.24, 2.45) is 0 Å². The SMILES string of the molecule is COc1cc(/C=C/c2ccc(C)cc2)c(-c2ccccc2)c(OC)c1OC. The zero-order valence-electron chi connectivity index (χ0n) is 16.2. The molecule has 138 valence electrons. The highest BCUT2D eigenvalue weighted by Gasteiger charge is 2.20. The lowest BCUT2D eigenvalue weighted by molar-refractivity contribution is 0.325. The summed E-state index contributed by atoms with van der Waals surface area (Å²) in [7, 11) is 4.90. The third-order valence-electron chi connectivity index (χ3n) is 4.46. The minimum absolute atomic E-state index is 0.589. The van der Waals surface area contributed by atoms with Gasteiger partial charge in [-0.15, -0.1) is 0 Å². The van der Waals surface area contributed by atoms with Crippen LogP contribution in [0.15, 0.2) is 60.7 Å². The van der Waals surface area contributed by atoms with E-state index in [1.54, 1.807) is 21.3 Å². The number of benzene rings is 3. The summed E-state index contributed by atoms with van der Waals surface area (Å²) in [6.45, 7) is 2.08. The third-order valence-corrected chi connectivity index (χ3v) is 4.46. The van der Waals surface area contributed by atoms with E-state index in [0.717, 1.165) is 22.3 Å². The summed E-state index contributed by atoms with van der Waals surface area (Å²) in [5.74, 6) is 1.88. The smallest absolute Gasteiger partial charge is 0.203 e. The summed E-state index contributed by atoms with van der Waals surface area (Å²) in [4.78, 5) is 0. The molecule has 0 saturated carbocycles. The molecule has 0 radical (unpaired) electrons. The Hall–Kier alpha value is -3.20. The van der Waals surface area contributed by atoms with Crippen LogP contribution in [0.4, 0.5) is 0 Å². The van der Waals surface area contributed by atoms with Crippen LogP contribution >= 0.6 is 0 Å². The van der Waals surface area contributed by atoms with Gasteiger partial charge in [0.2, 0.25) is 5.75 Å². The minimum Gasteiger partial charge on any atom is -0.493 e. The van der Waals surface area contributed by atoms with Crippen molar-refractivity contribution in [2.75, 3.05) is 21.3 Å². The molecule has 0 aliphatic rings. The molecule has 0 N–H and O–H groups in total. The maximum Gasteiger partial charge on any atom is 0.203 e. The molecule has 0 heterocycles. The van der Waals surface area contributed by atoms with Crippen LogP contribution in [0.1, 0.15) is 16.7 Å². The number of aryl methyl sites for hydroxylation is 1. The Kier molecular flexibility index (Phi) is 5.82. The molecule has 0 bridgehead atoms. The fraction of sp³-hybridized carbons (Fsp3) is 0.167. The van der Waals surface area contributed by atoms with Crippen LogP contribution in [0.5, 0.6) is 17.2 Å². The summed E-state index contributed by atoms with van der Waals surface area (Å²) in [5.41, 5.74) is 5.40. The average Bonchev–Trinajstić information content (AvgIpc) is 2.72. The normalized spacial score (nSPS) is 10.8. The molecule has 0 fully saturated rings. The zero-order valence-corrected chi connectivity index (χ0v) is 16.2. The monoisotopic (exact) mass is 360 g/mol. The molecule has 3 rings (SSSR count). The van der Waals surface area contributed by atoms with Crippen molar-refractivity contribution in [2.45, 2.75) is 6.92 Å². The van der Waals surface area contributed by atoms with Gasteiger partial charge in [-0.05, 0) is 29.7 Å². The number of methoxy groups -OCH3 is 3. The second-order valence-corrected chi connectivity index (χ2v) is 6.22. The molecular weight excluding hydrogens is 336 g/mol. The first-order valence-corrected chi connectivity index (χ1v) is 8.81. The zero-order chi connectivity index (χ0) is 19.2. The van der Waals surface area contributed by atoms with Gasteiger partial charge in [-0.25, -0.2) is 0 Å². The lowest BCUT2D eigenvalue weighted by Gasteiger charge is -2.18. The summed E-state index contributed by atoms with van der Waals surface area (Å²) in [5, 5.41) is 0. The average molecular weight is 360 g/mol. The standard InChI is InChI=1S/C24H24O3/c1-17-10-12-18(13-11-17)14-15-20-16-21(25-2)23(26-3)24(27-4)22(20)19-8-6-5-7-9-19/h5-16H,1-4H3/b15-14+.